The quantitative estimate of drug-likeness (QED) is 0.150. The minimum absolute atomic E-state index is 0.565. The molecule has 0 atom stereocenters. The van der Waals surface area contributed by atoms with Crippen LogP contribution in [0.5, 0.6) is 0 Å². The summed E-state index contributed by atoms with van der Waals surface area (Å²) in [5.74, 6) is 0.665. The van der Waals surface area contributed by atoms with E-state index >= 15 is 0 Å². The summed E-state index contributed by atoms with van der Waals surface area (Å²) in [6.07, 6.45) is 0. The van der Waals surface area contributed by atoms with Gasteiger partial charge in [-0.2, -0.15) is 5.26 Å². The number of hydrogen-bond donors (Lipinski definition) is 0. The maximum atomic E-state index is 10.5. The molecule has 0 radical (unpaired) electrons. The van der Waals surface area contributed by atoms with Crippen molar-refractivity contribution in [1.82, 2.24) is 19.1 Å². The Labute approximate surface area is 392 Å². The van der Waals surface area contributed by atoms with Crippen LogP contribution < -0.4 is 0 Å². The predicted octanol–water partition coefficient (Wildman–Crippen LogP) is 16.0. The summed E-state index contributed by atoms with van der Waals surface area (Å²) in [6.45, 7) is 15.3. The Hall–Kier alpha value is -9.87. The third kappa shape index (κ3) is 6.74. The number of fused-ring (bicyclic) bond motifs is 6. The van der Waals surface area contributed by atoms with Gasteiger partial charge in [-0.05, 0) is 106 Å². The van der Waals surface area contributed by atoms with Gasteiger partial charge in [0, 0.05) is 38.8 Å². The molecule has 0 aliphatic rings. The highest BCUT2D eigenvalue weighted by Gasteiger charge is 2.18. The third-order valence-electron chi connectivity index (χ3n) is 12.8. The Kier molecular flexibility index (Phi) is 9.51. The molecule has 314 valence electrons. The van der Waals surface area contributed by atoms with Crippen molar-refractivity contribution >= 4 is 55.0 Å². The number of hydrogen-bond acceptors (Lipinski definition) is 3. The standard InChI is InChI=1S/C61H35N7/c1-63-46-24-30-58-52(34-46)53-35-47(64-2)25-31-59(53)68(58)49-28-32-60-54(36-49)51-15-9-10-16-57(51)67(60)48-26-21-39(22-27-48)44-23-29-50(45(33-44)38-62)40-17-19-42(20-18-40)56-37-55(41-11-5-3-6-12-41)65-61(66-56)43-13-7-4-8-14-43/h3-37H. The van der Waals surface area contributed by atoms with Crippen LogP contribution >= 0.6 is 0 Å². The second-order valence-electron chi connectivity index (χ2n) is 16.7. The van der Waals surface area contributed by atoms with E-state index in [0.29, 0.717) is 22.8 Å². The van der Waals surface area contributed by atoms with Crippen LogP contribution in [-0.4, -0.2) is 19.1 Å². The molecule has 7 nitrogen and oxygen atoms in total. The van der Waals surface area contributed by atoms with E-state index < -0.39 is 0 Å². The van der Waals surface area contributed by atoms with Crippen LogP contribution in [-0.2, 0) is 0 Å². The first-order valence-corrected chi connectivity index (χ1v) is 22.2. The first-order chi connectivity index (χ1) is 33.5. The molecule has 0 spiro atoms. The normalized spacial score (nSPS) is 11.2. The average molecular weight is 866 g/mol. The second-order valence-corrected chi connectivity index (χ2v) is 16.7. The van der Waals surface area contributed by atoms with E-state index in [1.165, 1.54) is 0 Å². The van der Waals surface area contributed by atoms with Gasteiger partial charge < -0.3 is 9.13 Å². The Morgan fingerprint density at radius 3 is 1.50 bits per heavy atom. The maximum absolute atomic E-state index is 10.5. The van der Waals surface area contributed by atoms with E-state index in [4.69, 9.17) is 23.1 Å². The SMILES string of the molecule is [C-]#[N+]c1ccc2c(c1)c1cc([N+]#[C-])ccc1n2-c1ccc2c(c1)c1ccccc1n2-c1ccc(-c2ccc(-c3ccc(-c4cc(-c5ccccc5)nc(-c5ccccc5)n4)cc3)c(C#N)c2)cc1. The number of aromatic nitrogens is 4. The zero-order valence-corrected chi connectivity index (χ0v) is 36.3. The fourth-order valence-corrected chi connectivity index (χ4v) is 9.55. The lowest BCUT2D eigenvalue weighted by Gasteiger charge is -2.12. The molecule has 3 aromatic heterocycles. The number of benzene rings is 9. The van der Waals surface area contributed by atoms with Gasteiger partial charge in [0.15, 0.2) is 17.2 Å². The molecule has 12 rings (SSSR count). The van der Waals surface area contributed by atoms with Gasteiger partial charge in [-0.3, -0.25) is 0 Å². The van der Waals surface area contributed by atoms with E-state index in [2.05, 4.69) is 134 Å². The Morgan fingerprint density at radius 2 is 0.868 bits per heavy atom. The van der Waals surface area contributed by atoms with Gasteiger partial charge in [0.25, 0.3) is 0 Å². The Bertz CT molecular complexity index is 3960. The van der Waals surface area contributed by atoms with Gasteiger partial charge in [-0.15, -0.1) is 0 Å². The van der Waals surface area contributed by atoms with Gasteiger partial charge in [0.1, 0.15) is 0 Å². The number of para-hydroxylation sites is 1. The lowest BCUT2D eigenvalue weighted by molar-refractivity contribution is 1.17. The molecule has 9 aromatic carbocycles. The Balaban J connectivity index is 0.867. The smallest absolute Gasteiger partial charge is 0.188 e. The summed E-state index contributed by atoms with van der Waals surface area (Å²) < 4.78 is 4.53. The van der Waals surface area contributed by atoms with E-state index in [1.807, 2.05) is 103 Å². The lowest BCUT2D eigenvalue weighted by Crippen LogP contribution is -1.96. The van der Waals surface area contributed by atoms with Gasteiger partial charge >= 0.3 is 0 Å². The van der Waals surface area contributed by atoms with Gasteiger partial charge in [-0.1, -0.05) is 140 Å². The molecule has 0 N–H and O–H groups in total. The van der Waals surface area contributed by atoms with E-state index in [0.717, 1.165) is 105 Å². The summed E-state index contributed by atoms with van der Waals surface area (Å²) in [6, 6.07) is 74.2. The summed E-state index contributed by atoms with van der Waals surface area (Å²) in [4.78, 5) is 17.3. The van der Waals surface area contributed by atoms with Crippen LogP contribution in [0.15, 0.2) is 212 Å². The second kappa shape index (κ2) is 16.3. The van der Waals surface area contributed by atoms with Crippen molar-refractivity contribution in [1.29, 1.82) is 5.26 Å². The molecular weight excluding hydrogens is 831 g/mol. The Morgan fingerprint density at radius 1 is 0.382 bits per heavy atom. The molecule has 0 fully saturated rings. The first-order valence-electron chi connectivity index (χ1n) is 22.2. The van der Waals surface area contributed by atoms with Gasteiger partial charge in [0.2, 0.25) is 0 Å². The van der Waals surface area contributed by atoms with Gasteiger partial charge in [-0.25, -0.2) is 19.7 Å². The van der Waals surface area contributed by atoms with Gasteiger partial charge in [0.05, 0.1) is 58.2 Å². The average Bonchev–Trinajstić information content (AvgIpc) is 3.92. The van der Waals surface area contributed by atoms with Crippen molar-refractivity contribution in [3.63, 3.8) is 0 Å². The van der Waals surface area contributed by atoms with Crippen LogP contribution in [0.25, 0.3) is 121 Å². The molecule has 0 saturated heterocycles. The zero-order chi connectivity index (χ0) is 45.7. The van der Waals surface area contributed by atoms with Crippen molar-refractivity contribution in [2.45, 2.75) is 0 Å². The molecule has 0 aliphatic carbocycles. The van der Waals surface area contributed by atoms with Crippen molar-refractivity contribution in [3.8, 4) is 73.6 Å². The first kappa shape index (κ1) is 39.7. The van der Waals surface area contributed by atoms with Crippen molar-refractivity contribution in [3.05, 3.63) is 241 Å². The summed E-state index contributed by atoms with van der Waals surface area (Å²) >= 11 is 0. The fraction of sp³-hybridized carbons (Fsp3) is 0. The van der Waals surface area contributed by atoms with Crippen LogP contribution in [0.4, 0.5) is 11.4 Å². The van der Waals surface area contributed by atoms with E-state index in [9.17, 15) is 5.26 Å². The van der Waals surface area contributed by atoms with Crippen LogP contribution in [0, 0.1) is 24.5 Å². The maximum Gasteiger partial charge on any atom is 0.188 e. The molecule has 0 unspecified atom stereocenters. The molecule has 12 aromatic rings. The van der Waals surface area contributed by atoms with Crippen molar-refractivity contribution in [2.75, 3.05) is 0 Å². The number of rotatable bonds is 7. The summed E-state index contributed by atoms with van der Waals surface area (Å²) in [5, 5.41) is 14.6. The van der Waals surface area contributed by atoms with E-state index in [1.54, 1.807) is 0 Å². The fourth-order valence-electron chi connectivity index (χ4n) is 9.55. The topological polar surface area (TPSA) is 68.2 Å². The predicted molar refractivity (Wildman–Crippen MR) is 275 cm³/mol. The molecule has 7 heteroatoms. The largest absolute Gasteiger partial charge is 0.309 e. The highest BCUT2D eigenvalue weighted by molar-refractivity contribution is 6.13. The molecule has 0 amide bonds. The van der Waals surface area contributed by atoms with Crippen molar-refractivity contribution in [2.24, 2.45) is 0 Å². The molecule has 0 aliphatic heterocycles. The summed E-state index contributed by atoms with van der Waals surface area (Å²) in [5.41, 5.74) is 16.3. The van der Waals surface area contributed by atoms with Crippen LogP contribution in [0.1, 0.15) is 5.56 Å². The molecular formula is C61H35N7. The molecule has 0 saturated carbocycles. The van der Waals surface area contributed by atoms with Crippen LogP contribution in [0.3, 0.4) is 0 Å². The minimum Gasteiger partial charge on any atom is -0.309 e. The molecule has 0 bridgehead atoms. The molecule has 3 heterocycles. The third-order valence-corrected chi connectivity index (χ3v) is 12.8. The lowest BCUT2D eigenvalue weighted by atomic mass is 9.94. The number of nitriles is 1. The number of nitrogens with zero attached hydrogens (tertiary/aromatic N) is 7. The minimum atomic E-state index is 0.565. The highest BCUT2D eigenvalue weighted by Crippen LogP contribution is 2.40. The summed E-state index contributed by atoms with van der Waals surface area (Å²) in [7, 11) is 0. The van der Waals surface area contributed by atoms with Crippen LogP contribution in [0.2, 0.25) is 0 Å². The van der Waals surface area contributed by atoms with Crippen molar-refractivity contribution < 1.29 is 0 Å². The van der Waals surface area contributed by atoms with E-state index in [-0.39, 0.29) is 0 Å². The molecule has 68 heavy (non-hydrogen) atoms. The highest BCUT2D eigenvalue weighted by atomic mass is 15.0. The zero-order valence-electron chi connectivity index (χ0n) is 36.3. The monoisotopic (exact) mass is 865 g/mol.